The van der Waals surface area contributed by atoms with Crippen molar-refractivity contribution in [3.63, 3.8) is 0 Å². The minimum Gasteiger partial charge on any atom is -0.349 e. The summed E-state index contributed by atoms with van der Waals surface area (Å²) in [4.78, 5) is 38.4. The first-order valence-electron chi connectivity index (χ1n) is 7.11. The Morgan fingerprint density at radius 3 is 2.17 bits per heavy atom. The van der Waals surface area contributed by atoms with Crippen molar-refractivity contribution in [3.05, 3.63) is 77.9 Å². The third kappa shape index (κ3) is 2.42. The summed E-state index contributed by atoms with van der Waals surface area (Å²) in [5, 5.41) is 2.66. The van der Waals surface area contributed by atoms with E-state index in [1.54, 1.807) is 54.6 Å². The van der Waals surface area contributed by atoms with Crippen LogP contribution in [0.1, 0.15) is 31.1 Å². The van der Waals surface area contributed by atoms with Crippen molar-refractivity contribution in [2.75, 3.05) is 11.4 Å². The molecule has 0 bridgehead atoms. The SMILES string of the molecule is C=CCNC(=O)c1ccccc1N1C(=O)c2ccccc2C1=O. The number of nitrogens with zero attached hydrogens (tertiary/aromatic N) is 1. The van der Waals surface area contributed by atoms with Crippen LogP contribution < -0.4 is 10.2 Å². The average molecular weight is 306 g/mol. The Morgan fingerprint density at radius 2 is 1.57 bits per heavy atom. The fourth-order valence-corrected chi connectivity index (χ4v) is 2.53. The second-order valence-corrected chi connectivity index (χ2v) is 5.01. The number of nitrogens with one attached hydrogen (secondary N) is 1. The van der Waals surface area contributed by atoms with Crippen LogP contribution in [-0.4, -0.2) is 24.3 Å². The maximum atomic E-state index is 12.6. The molecule has 0 aromatic heterocycles. The predicted octanol–water partition coefficient (Wildman–Crippen LogP) is 2.40. The molecule has 0 radical (unpaired) electrons. The van der Waals surface area contributed by atoms with Gasteiger partial charge in [0.1, 0.15) is 0 Å². The lowest BCUT2D eigenvalue weighted by atomic mass is 10.1. The number of hydrogen-bond acceptors (Lipinski definition) is 3. The van der Waals surface area contributed by atoms with Crippen LogP contribution in [0.5, 0.6) is 0 Å². The summed E-state index contributed by atoms with van der Waals surface area (Å²) in [6, 6.07) is 13.2. The zero-order chi connectivity index (χ0) is 16.4. The topological polar surface area (TPSA) is 66.5 Å². The van der Waals surface area contributed by atoms with Gasteiger partial charge in [0.2, 0.25) is 0 Å². The minimum absolute atomic E-state index is 0.267. The molecule has 0 saturated carbocycles. The van der Waals surface area contributed by atoms with Gasteiger partial charge in [-0.25, -0.2) is 4.90 Å². The van der Waals surface area contributed by atoms with E-state index < -0.39 is 11.8 Å². The van der Waals surface area contributed by atoms with E-state index in [9.17, 15) is 14.4 Å². The Labute approximate surface area is 133 Å². The second kappa shape index (κ2) is 5.88. The molecular weight excluding hydrogens is 292 g/mol. The zero-order valence-corrected chi connectivity index (χ0v) is 12.3. The van der Waals surface area contributed by atoms with E-state index in [4.69, 9.17) is 0 Å². The summed E-state index contributed by atoms with van der Waals surface area (Å²) in [6.07, 6.45) is 1.56. The molecule has 5 heteroatoms. The smallest absolute Gasteiger partial charge is 0.266 e. The predicted molar refractivity (Wildman–Crippen MR) is 86.6 cm³/mol. The number of fused-ring (bicyclic) bond motifs is 1. The summed E-state index contributed by atoms with van der Waals surface area (Å²) in [6.45, 7) is 3.84. The number of carbonyl (C=O) groups excluding carboxylic acids is 3. The molecule has 0 aliphatic carbocycles. The van der Waals surface area contributed by atoms with Gasteiger partial charge in [0.05, 0.1) is 22.4 Å². The molecule has 0 unspecified atom stereocenters. The lowest BCUT2D eigenvalue weighted by Gasteiger charge is -2.17. The van der Waals surface area contributed by atoms with Crippen molar-refractivity contribution in [1.82, 2.24) is 5.32 Å². The van der Waals surface area contributed by atoms with Crippen LogP contribution in [-0.2, 0) is 0 Å². The Hall–Kier alpha value is -3.21. The van der Waals surface area contributed by atoms with E-state index in [1.165, 1.54) is 0 Å². The van der Waals surface area contributed by atoms with Crippen LogP contribution in [0.4, 0.5) is 5.69 Å². The normalized spacial score (nSPS) is 13.0. The van der Waals surface area contributed by atoms with Crippen molar-refractivity contribution >= 4 is 23.4 Å². The summed E-state index contributed by atoms with van der Waals surface area (Å²) in [5.41, 5.74) is 1.24. The lowest BCUT2D eigenvalue weighted by molar-refractivity contribution is 0.0926. The van der Waals surface area contributed by atoms with Gasteiger partial charge in [-0.1, -0.05) is 30.3 Å². The molecule has 23 heavy (non-hydrogen) atoms. The minimum atomic E-state index is -0.422. The van der Waals surface area contributed by atoms with Gasteiger partial charge in [-0.2, -0.15) is 0 Å². The molecule has 1 heterocycles. The summed E-state index contributed by atoms with van der Waals surface area (Å²) >= 11 is 0. The Bertz CT molecular complexity index is 792. The van der Waals surface area contributed by atoms with Crippen molar-refractivity contribution in [2.45, 2.75) is 0 Å². The van der Waals surface area contributed by atoms with Crippen molar-refractivity contribution in [2.24, 2.45) is 0 Å². The van der Waals surface area contributed by atoms with Crippen molar-refractivity contribution < 1.29 is 14.4 Å². The quantitative estimate of drug-likeness (QED) is 0.697. The molecule has 114 valence electrons. The van der Waals surface area contributed by atoms with Crippen LogP contribution in [0, 0.1) is 0 Å². The Kier molecular flexibility index (Phi) is 3.76. The van der Waals surface area contributed by atoms with Crippen LogP contribution in [0.2, 0.25) is 0 Å². The third-order valence-corrected chi connectivity index (χ3v) is 3.59. The van der Waals surface area contributed by atoms with E-state index >= 15 is 0 Å². The maximum Gasteiger partial charge on any atom is 0.266 e. The number of benzene rings is 2. The first-order valence-corrected chi connectivity index (χ1v) is 7.11. The van der Waals surface area contributed by atoms with Gasteiger partial charge in [0.15, 0.2) is 0 Å². The molecular formula is C18H14N2O3. The molecule has 1 N–H and O–H groups in total. The molecule has 0 spiro atoms. The first kappa shape index (κ1) is 14.7. The number of carbonyl (C=O) groups is 3. The van der Waals surface area contributed by atoms with Gasteiger partial charge >= 0.3 is 0 Å². The monoisotopic (exact) mass is 306 g/mol. The molecule has 0 fully saturated rings. The highest BCUT2D eigenvalue weighted by atomic mass is 16.2. The van der Waals surface area contributed by atoms with E-state index in [1.807, 2.05) is 0 Å². The average Bonchev–Trinajstić information content (AvgIpc) is 2.84. The molecule has 5 nitrogen and oxygen atoms in total. The standard InChI is InChI=1S/C18H14N2O3/c1-2-11-19-16(21)14-9-5-6-10-15(14)20-17(22)12-7-3-4-8-13(12)18(20)23/h2-10H,1,11H2,(H,19,21). The fraction of sp³-hybridized carbons (Fsp3) is 0.0556. The second-order valence-electron chi connectivity index (χ2n) is 5.01. The van der Waals surface area contributed by atoms with Gasteiger partial charge in [-0.05, 0) is 24.3 Å². The van der Waals surface area contributed by atoms with Gasteiger partial charge in [0.25, 0.3) is 17.7 Å². The number of para-hydroxylation sites is 1. The maximum absolute atomic E-state index is 12.6. The summed E-state index contributed by atoms with van der Waals surface area (Å²) in [7, 11) is 0. The number of amides is 3. The number of rotatable bonds is 4. The molecule has 2 aromatic rings. The molecule has 1 aliphatic heterocycles. The molecule has 0 atom stereocenters. The highest BCUT2D eigenvalue weighted by Gasteiger charge is 2.37. The fourth-order valence-electron chi connectivity index (χ4n) is 2.53. The van der Waals surface area contributed by atoms with Crippen LogP contribution in [0.15, 0.2) is 61.2 Å². The zero-order valence-electron chi connectivity index (χ0n) is 12.3. The Balaban J connectivity index is 2.04. The van der Waals surface area contributed by atoms with Crippen LogP contribution >= 0.6 is 0 Å². The molecule has 0 saturated heterocycles. The number of hydrogen-bond donors (Lipinski definition) is 1. The summed E-state index contributed by atoms with van der Waals surface area (Å²) in [5.74, 6) is -1.21. The largest absolute Gasteiger partial charge is 0.349 e. The van der Waals surface area contributed by atoms with E-state index in [0.29, 0.717) is 17.7 Å². The summed E-state index contributed by atoms with van der Waals surface area (Å²) < 4.78 is 0. The van der Waals surface area contributed by atoms with Gasteiger partial charge in [-0.3, -0.25) is 14.4 Å². The first-order chi connectivity index (χ1) is 11.1. The van der Waals surface area contributed by atoms with E-state index in [-0.39, 0.29) is 17.2 Å². The molecule has 3 amide bonds. The van der Waals surface area contributed by atoms with Crippen molar-refractivity contribution in [1.29, 1.82) is 0 Å². The van der Waals surface area contributed by atoms with E-state index in [0.717, 1.165) is 4.90 Å². The van der Waals surface area contributed by atoms with Crippen molar-refractivity contribution in [3.8, 4) is 0 Å². The highest BCUT2D eigenvalue weighted by Crippen LogP contribution is 2.30. The molecule has 2 aromatic carbocycles. The lowest BCUT2D eigenvalue weighted by Crippen LogP contribution is -2.33. The molecule has 3 rings (SSSR count). The Morgan fingerprint density at radius 1 is 1.00 bits per heavy atom. The molecule has 1 aliphatic rings. The van der Waals surface area contributed by atoms with Gasteiger partial charge < -0.3 is 5.32 Å². The van der Waals surface area contributed by atoms with Gasteiger partial charge in [0, 0.05) is 6.54 Å². The number of anilines is 1. The number of imide groups is 1. The highest BCUT2D eigenvalue weighted by molar-refractivity contribution is 6.35. The van der Waals surface area contributed by atoms with Gasteiger partial charge in [-0.15, -0.1) is 6.58 Å². The van der Waals surface area contributed by atoms with Crippen LogP contribution in [0.25, 0.3) is 0 Å². The van der Waals surface area contributed by atoms with Crippen LogP contribution in [0.3, 0.4) is 0 Å². The third-order valence-electron chi connectivity index (χ3n) is 3.59. The van der Waals surface area contributed by atoms with E-state index in [2.05, 4.69) is 11.9 Å².